The van der Waals surface area contributed by atoms with Crippen molar-refractivity contribution < 1.29 is 31.9 Å². The van der Waals surface area contributed by atoms with E-state index in [9.17, 15) is 27.1 Å². The molecule has 3 aromatic rings. The Labute approximate surface area is 196 Å². The number of carbonyl (C=O) groups is 2. The molecule has 3 atom stereocenters. The van der Waals surface area contributed by atoms with Crippen LogP contribution in [-0.2, 0) is 35.8 Å². The van der Waals surface area contributed by atoms with Crippen molar-refractivity contribution in [2.75, 3.05) is 6.54 Å². The van der Waals surface area contributed by atoms with Gasteiger partial charge in [-0.2, -0.15) is 13.1 Å². The zero-order chi connectivity index (χ0) is 24.7. The van der Waals surface area contributed by atoms with E-state index < -0.39 is 47.9 Å². The zero-order valence-corrected chi connectivity index (χ0v) is 19.5. The molecule has 1 fully saturated rings. The normalized spacial score (nSPS) is 23.5. The predicted molar refractivity (Wildman–Crippen MR) is 125 cm³/mol. The second-order valence-electron chi connectivity index (χ2n) is 8.02. The Morgan fingerprint density at radius 1 is 1.15 bits per heavy atom. The van der Waals surface area contributed by atoms with Gasteiger partial charge in [-0.05, 0) is 27.6 Å². The second-order valence-corrected chi connectivity index (χ2v) is 10.1. The third-order valence-corrected chi connectivity index (χ3v) is 7.79. The molecule has 0 radical (unpaired) electrons. The molecule has 0 saturated carbocycles. The van der Waals surface area contributed by atoms with Crippen LogP contribution in [0.4, 0.5) is 0 Å². The minimum Gasteiger partial charge on any atom is -0.457 e. The molecule has 0 aromatic heterocycles. The van der Waals surface area contributed by atoms with Crippen LogP contribution in [0, 0.1) is 0 Å². The molecule has 0 bridgehead atoms. The Balaban J connectivity index is 1.78. The highest BCUT2D eigenvalue weighted by atomic mass is 32.2. The lowest BCUT2D eigenvalue weighted by Gasteiger charge is -2.42. The lowest BCUT2D eigenvalue weighted by Crippen LogP contribution is -2.79. The number of carbonyl (C=O) groups excluding carboxylic acids is 2. The maximum absolute atomic E-state index is 13.3. The van der Waals surface area contributed by atoms with Crippen LogP contribution in [-0.4, -0.2) is 47.2 Å². The number of hydrogen-bond acceptors (Lipinski definition) is 8. The number of nitrogens with one attached hydrogen (secondary N) is 1. The van der Waals surface area contributed by atoms with E-state index in [0.29, 0.717) is 10.6 Å². The fraction of sp³-hybridized carbons (Fsp3) is 0.238. The Hall–Kier alpha value is -2.99. The highest BCUT2D eigenvalue weighted by molar-refractivity contribution is 7.83. The Kier molecular flexibility index (Phi) is 6.15. The summed E-state index contributed by atoms with van der Waals surface area (Å²) in [5.41, 5.74) is 4.28. The van der Waals surface area contributed by atoms with E-state index in [1.54, 1.807) is 4.72 Å². The van der Waals surface area contributed by atoms with E-state index in [0.717, 1.165) is 21.5 Å². The monoisotopic (exact) mass is 505 g/mol. The van der Waals surface area contributed by atoms with Crippen LogP contribution in [0.2, 0.25) is 0 Å². The number of fused-ring (bicyclic) bond motifs is 2. The highest BCUT2D eigenvalue weighted by Crippen LogP contribution is 2.41. The molecule has 4 rings (SSSR count). The summed E-state index contributed by atoms with van der Waals surface area (Å²) >= 11 is 0. The van der Waals surface area contributed by atoms with Crippen LogP contribution >= 0.6 is 8.46 Å². The number of ether oxygens (including phenoxy) is 1. The summed E-state index contributed by atoms with van der Waals surface area (Å²) in [7, 11) is -6.76. The summed E-state index contributed by atoms with van der Waals surface area (Å²) in [5.74, 6) is 3.12. The molecule has 1 unspecified atom stereocenters. The van der Waals surface area contributed by atoms with E-state index >= 15 is 0 Å². The van der Waals surface area contributed by atoms with Crippen molar-refractivity contribution in [1.82, 2.24) is 9.73 Å². The van der Waals surface area contributed by atoms with E-state index in [4.69, 9.17) is 16.3 Å². The average molecular weight is 505 g/mol. The molecular weight excluding hydrogens is 483 g/mol. The number of esters is 1. The number of nitrogens with two attached hydrogens (primary N) is 2. The summed E-state index contributed by atoms with van der Waals surface area (Å²) in [6.45, 7) is -0.585. The molecule has 1 heterocycles. The van der Waals surface area contributed by atoms with Gasteiger partial charge in [0, 0.05) is 18.5 Å². The molecule has 1 amide bonds. The largest absolute Gasteiger partial charge is 0.457 e. The van der Waals surface area contributed by atoms with Gasteiger partial charge in [0.2, 0.25) is 0 Å². The molecule has 178 valence electrons. The average Bonchev–Trinajstić information content (AvgIpc) is 2.79. The third-order valence-electron chi connectivity index (χ3n) is 6.00. The maximum Gasteiger partial charge on any atom is 0.375 e. The summed E-state index contributed by atoms with van der Waals surface area (Å²) in [6, 6.07) is 16.8. The first-order chi connectivity index (χ1) is 16.0. The minimum atomic E-state index is -4.99. The van der Waals surface area contributed by atoms with Crippen molar-refractivity contribution in [1.29, 1.82) is 0 Å². The first-order valence-electron chi connectivity index (χ1n) is 10.1. The van der Waals surface area contributed by atoms with Gasteiger partial charge >= 0.3 is 35.8 Å². The van der Waals surface area contributed by atoms with E-state index in [1.165, 1.54) is 0 Å². The molecule has 11 nitrogen and oxygen atoms in total. The van der Waals surface area contributed by atoms with E-state index in [1.807, 2.05) is 54.6 Å². The number of hydrogen-bond donors (Lipinski definition) is 4. The van der Waals surface area contributed by atoms with Gasteiger partial charge in [-0.15, -0.1) is 0 Å². The van der Waals surface area contributed by atoms with Gasteiger partial charge in [-0.1, -0.05) is 53.1 Å². The first kappa shape index (κ1) is 24.1. The minimum absolute atomic E-state index is 0.259. The van der Waals surface area contributed by atoms with Crippen molar-refractivity contribution in [2.24, 2.45) is 11.6 Å². The van der Waals surface area contributed by atoms with Crippen LogP contribution < -0.4 is 16.3 Å². The molecule has 34 heavy (non-hydrogen) atoms. The zero-order valence-electron chi connectivity index (χ0n) is 17.7. The molecule has 1 aliphatic heterocycles. The van der Waals surface area contributed by atoms with Gasteiger partial charge in [0.05, 0.1) is 0 Å². The topological polar surface area (TPSA) is 182 Å². The summed E-state index contributed by atoms with van der Waals surface area (Å²) in [5, 5.41) is 1.26. The second kappa shape index (κ2) is 8.66. The van der Waals surface area contributed by atoms with Crippen molar-refractivity contribution in [3.05, 3.63) is 60.2 Å². The van der Waals surface area contributed by atoms with Gasteiger partial charge in [-0.3, -0.25) is 14.4 Å². The van der Waals surface area contributed by atoms with Crippen molar-refractivity contribution in [3.63, 3.8) is 0 Å². The molecular formula is C21H22N4O7PS+. The fourth-order valence-corrected chi connectivity index (χ4v) is 5.87. The van der Waals surface area contributed by atoms with Crippen LogP contribution in [0.25, 0.3) is 21.5 Å². The molecule has 6 N–H and O–H groups in total. The quantitative estimate of drug-likeness (QED) is 0.0554. The molecule has 1 saturated heterocycles. The maximum atomic E-state index is 13.3. The number of hydrazine groups is 1. The summed E-state index contributed by atoms with van der Waals surface area (Å²) in [4.78, 5) is 26.3. The van der Waals surface area contributed by atoms with Crippen molar-refractivity contribution in [2.45, 2.75) is 23.8 Å². The van der Waals surface area contributed by atoms with Gasteiger partial charge in [-0.25, -0.2) is 10.6 Å². The predicted octanol–water partition coefficient (Wildman–Crippen LogP) is 0.952. The number of amides is 1. The SMILES string of the molecule is NN1CC[C@@](N)(NS(=O)(=O)O)[C@]([PH+]=O)(C(=O)OCc2c3ccccc3cc3ccccc23)C1=O. The van der Waals surface area contributed by atoms with Crippen LogP contribution in [0.3, 0.4) is 0 Å². The van der Waals surface area contributed by atoms with Gasteiger partial charge in [0.1, 0.15) is 6.61 Å². The van der Waals surface area contributed by atoms with E-state index in [2.05, 4.69) is 0 Å². The standard InChI is InChI=1S/C21H21N4O7PS/c22-20(24-34(29,30)31)9-10-25(23)18(26)21(20,33-28)19(27)32-12-17-15-7-3-1-5-13(15)11-14-6-2-4-8-16(14)17/h1-8,11,24H,9-10,12,22-23H2,(H,29,30,31)/p+1/t20-,21-/m1/s1. The lowest BCUT2D eigenvalue weighted by molar-refractivity contribution is -0.160. The van der Waals surface area contributed by atoms with Gasteiger partial charge < -0.3 is 10.5 Å². The van der Waals surface area contributed by atoms with Crippen molar-refractivity contribution in [3.8, 4) is 0 Å². The molecule has 0 spiro atoms. The summed E-state index contributed by atoms with van der Waals surface area (Å²) < 4.78 is 51.9. The van der Waals surface area contributed by atoms with Crippen LogP contribution in [0.5, 0.6) is 0 Å². The van der Waals surface area contributed by atoms with Crippen LogP contribution in [0.1, 0.15) is 12.0 Å². The smallest absolute Gasteiger partial charge is 0.375 e. The number of nitrogens with zero attached hydrogens (tertiary/aromatic N) is 1. The molecule has 13 heteroatoms. The summed E-state index contributed by atoms with van der Waals surface area (Å²) in [6.07, 6.45) is -0.406. The first-order valence-corrected chi connectivity index (χ1v) is 12.4. The molecule has 3 aromatic carbocycles. The van der Waals surface area contributed by atoms with Crippen molar-refractivity contribution >= 4 is 52.2 Å². The van der Waals surface area contributed by atoms with Crippen LogP contribution in [0.15, 0.2) is 54.6 Å². The number of benzene rings is 3. The molecule has 1 aliphatic rings. The number of piperidine rings is 1. The van der Waals surface area contributed by atoms with Gasteiger partial charge in [0.25, 0.3) is 0 Å². The Bertz CT molecular complexity index is 1380. The van der Waals surface area contributed by atoms with Gasteiger partial charge in [0.15, 0.2) is 5.66 Å². The Morgan fingerprint density at radius 2 is 1.71 bits per heavy atom. The molecule has 0 aliphatic carbocycles. The third kappa shape index (κ3) is 3.94. The number of rotatable bonds is 6. The lowest BCUT2D eigenvalue weighted by atomic mass is 9.85. The Morgan fingerprint density at radius 3 is 2.24 bits per heavy atom. The van der Waals surface area contributed by atoms with E-state index in [-0.39, 0.29) is 13.2 Å². The highest BCUT2D eigenvalue weighted by Gasteiger charge is 2.73. The fourth-order valence-electron chi connectivity index (χ4n) is 4.31.